The second-order valence-electron chi connectivity index (χ2n) is 6.05. The normalized spacial score (nSPS) is 12.5. The van der Waals surface area contributed by atoms with Gasteiger partial charge in [0.25, 0.3) is 5.91 Å². The Bertz CT molecular complexity index is 1030. The predicted molar refractivity (Wildman–Crippen MR) is 108 cm³/mol. The van der Waals surface area contributed by atoms with E-state index in [1.165, 1.54) is 11.8 Å². The predicted octanol–water partition coefficient (Wildman–Crippen LogP) is 4.61. The number of ether oxygens (including phenoxy) is 2. The highest BCUT2D eigenvalue weighted by Gasteiger charge is 2.19. The SMILES string of the molecule is Cc1cc(Sc2ncccn2)ccc1NC(=O)c1cc(Cl)c2c(c1)OCCO2. The number of carbonyl (C=O) groups is 1. The molecule has 2 aromatic carbocycles. The number of halogens is 1. The molecular weight excluding hydrogens is 398 g/mol. The maximum atomic E-state index is 12.7. The Labute approximate surface area is 171 Å². The highest BCUT2D eigenvalue weighted by Crippen LogP contribution is 2.38. The fourth-order valence-corrected chi connectivity index (χ4v) is 3.79. The third kappa shape index (κ3) is 4.05. The molecule has 0 saturated carbocycles. The van der Waals surface area contributed by atoms with Crippen molar-refractivity contribution in [3.05, 3.63) is 64.9 Å². The molecule has 0 bridgehead atoms. The van der Waals surface area contributed by atoms with Gasteiger partial charge in [-0.15, -0.1) is 0 Å². The van der Waals surface area contributed by atoms with Crippen LogP contribution in [0.1, 0.15) is 15.9 Å². The largest absolute Gasteiger partial charge is 0.486 e. The van der Waals surface area contributed by atoms with E-state index in [4.69, 9.17) is 21.1 Å². The molecule has 0 fully saturated rings. The van der Waals surface area contributed by atoms with Gasteiger partial charge in [0.05, 0.1) is 5.02 Å². The molecule has 0 saturated heterocycles. The highest BCUT2D eigenvalue weighted by atomic mass is 35.5. The molecule has 1 N–H and O–H groups in total. The lowest BCUT2D eigenvalue weighted by Crippen LogP contribution is -2.18. The van der Waals surface area contributed by atoms with Crippen molar-refractivity contribution < 1.29 is 14.3 Å². The van der Waals surface area contributed by atoms with E-state index >= 15 is 0 Å². The van der Waals surface area contributed by atoms with Crippen molar-refractivity contribution in [2.75, 3.05) is 18.5 Å². The third-order valence-electron chi connectivity index (χ3n) is 4.06. The number of nitrogens with zero attached hydrogens (tertiary/aromatic N) is 2. The second-order valence-corrected chi connectivity index (χ2v) is 7.49. The van der Waals surface area contributed by atoms with Crippen LogP contribution in [-0.4, -0.2) is 29.1 Å². The number of hydrogen-bond acceptors (Lipinski definition) is 6. The number of carbonyl (C=O) groups excluding carboxylic acids is 1. The summed E-state index contributed by atoms with van der Waals surface area (Å²) in [5.74, 6) is 0.689. The van der Waals surface area contributed by atoms with E-state index < -0.39 is 0 Å². The lowest BCUT2D eigenvalue weighted by atomic mass is 10.1. The lowest BCUT2D eigenvalue weighted by Gasteiger charge is -2.20. The Kier molecular flexibility index (Phi) is 5.36. The minimum absolute atomic E-state index is 0.270. The van der Waals surface area contributed by atoms with Gasteiger partial charge in [0.2, 0.25) is 0 Å². The van der Waals surface area contributed by atoms with Gasteiger partial charge in [-0.05, 0) is 60.6 Å². The molecule has 0 radical (unpaired) electrons. The maximum Gasteiger partial charge on any atom is 0.255 e. The first kappa shape index (κ1) is 18.6. The number of rotatable bonds is 4. The Morgan fingerprint density at radius 2 is 1.93 bits per heavy atom. The van der Waals surface area contributed by atoms with Crippen molar-refractivity contribution in [1.82, 2.24) is 9.97 Å². The summed E-state index contributed by atoms with van der Waals surface area (Å²) in [6, 6.07) is 10.8. The van der Waals surface area contributed by atoms with Crippen LogP contribution in [0.3, 0.4) is 0 Å². The summed E-state index contributed by atoms with van der Waals surface area (Å²) in [7, 11) is 0. The van der Waals surface area contributed by atoms with Crippen LogP contribution in [-0.2, 0) is 0 Å². The minimum atomic E-state index is -0.270. The van der Waals surface area contributed by atoms with E-state index in [1.807, 2.05) is 25.1 Å². The number of hydrogen-bond donors (Lipinski definition) is 1. The molecule has 0 atom stereocenters. The van der Waals surface area contributed by atoms with E-state index in [-0.39, 0.29) is 5.91 Å². The average molecular weight is 414 g/mol. The molecule has 0 aliphatic carbocycles. The van der Waals surface area contributed by atoms with Crippen LogP contribution in [0.4, 0.5) is 5.69 Å². The Morgan fingerprint density at radius 3 is 2.71 bits per heavy atom. The molecule has 1 aliphatic rings. The quantitative estimate of drug-likeness (QED) is 0.629. The molecule has 2 heterocycles. The minimum Gasteiger partial charge on any atom is -0.486 e. The van der Waals surface area contributed by atoms with E-state index in [9.17, 15) is 4.79 Å². The van der Waals surface area contributed by atoms with E-state index in [0.29, 0.717) is 46.1 Å². The van der Waals surface area contributed by atoms with Gasteiger partial charge >= 0.3 is 0 Å². The fraction of sp³-hybridized carbons (Fsp3) is 0.150. The molecule has 1 aromatic heterocycles. The lowest BCUT2D eigenvalue weighted by molar-refractivity contribution is 0.102. The monoisotopic (exact) mass is 413 g/mol. The van der Waals surface area contributed by atoms with Gasteiger partial charge in [0, 0.05) is 28.5 Å². The van der Waals surface area contributed by atoms with Gasteiger partial charge in [-0.3, -0.25) is 4.79 Å². The number of amides is 1. The molecule has 4 rings (SSSR count). The van der Waals surface area contributed by atoms with Crippen molar-refractivity contribution in [3.8, 4) is 11.5 Å². The molecule has 6 nitrogen and oxygen atoms in total. The Morgan fingerprint density at radius 1 is 1.14 bits per heavy atom. The standard InChI is InChI=1S/C20H16ClN3O3S/c1-12-9-14(28-20-22-5-2-6-23-20)3-4-16(12)24-19(25)13-10-15(21)18-17(11-13)26-7-8-27-18/h2-6,9-11H,7-8H2,1H3,(H,24,25). The number of nitrogens with one attached hydrogen (secondary N) is 1. The topological polar surface area (TPSA) is 73.3 Å². The fourth-order valence-electron chi connectivity index (χ4n) is 2.72. The zero-order chi connectivity index (χ0) is 19.5. The molecule has 1 aliphatic heterocycles. The summed E-state index contributed by atoms with van der Waals surface area (Å²) in [6.07, 6.45) is 3.41. The van der Waals surface area contributed by atoms with Crippen LogP contribution in [0.5, 0.6) is 11.5 Å². The highest BCUT2D eigenvalue weighted by molar-refractivity contribution is 7.99. The van der Waals surface area contributed by atoms with Crippen molar-refractivity contribution in [1.29, 1.82) is 0 Å². The molecular formula is C20H16ClN3O3S. The van der Waals surface area contributed by atoms with Gasteiger partial charge in [-0.1, -0.05) is 11.6 Å². The van der Waals surface area contributed by atoms with Crippen LogP contribution in [0.2, 0.25) is 5.02 Å². The van der Waals surface area contributed by atoms with Gasteiger partial charge in [0.1, 0.15) is 13.2 Å². The molecule has 0 spiro atoms. The van der Waals surface area contributed by atoms with Crippen LogP contribution in [0.25, 0.3) is 0 Å². The van der Waals surface area contributed by atoms with Gasteiger partial charge in [0.15, 0.2) is 16.7 Å². The average Bonchev–Trinajstić information content (AvgIpc) is 2.71. The van der Waals surface area contributed by atoms with Crippen LogP contribution in [0.15, 0.2) is 58.8 Å². The molecule has 3 aromatic rings. The van der Waals surface area contributed by atoms with E-state index in [2.05, 4.69) is 15.3 Å². The molecule has 1 amide bonds. The van der Waals surface area contributed by atoms with Crippen molar-refractivity contribution in [2.24, 2.45) is 0 Å². The van der Waals surface area contributed by atoms with Crippen LogP contribution in [0, 0.1) is 6.92 Å². The summed E-state index contributed by atoms with van der Waals surface area (Å²) in [5, 5.41) is 3.94. The molecule has 142 valence electrons. The van der Waals surface area contributed by atoms with Gasteiger partial charge in [-0.2, -0.15) is 0 Å². The van der Waals surface area contributed by atoms with Gasteiger partial charge in [-0.25, -0.2) is 9.97 Å². The number of aromatic nitrogens is 2. The van der Waals surface area contributed by atoms with Crippen molar-refractivity contribution >= 4 is 35.0 Å². The summed E-state index contributed by atoms with van der Waals surface area (Å²) in [5.41, 5.74) is 2.05. The molecule has 28 heavy (non-hydrogen) atoms. The first-order valence-corrected chi connectivity index (χ1v) is 9.75. The summed E-state index contributed by atoms with van der Waals surface area (Å²) in [6.45, 7) is 2.80. The van der Waals surface area contributed by atoms with Crippen molar-refractivity contribution in [3.63, 3.8) is 0 Å². The maximum absolute atomic E-state index is 12.7. The summed E-state index contributed by atoms with van der Waals surface area (Å²) >= 11 is 7.68. The van der Waals surface area contributed by atoms with Crippen LogP contribution < -0.4 is 14.8 Å². The smallest absolute Gasteiger partial charge is 0.255 e. The first-order valence-electron chi connectivity index (χ1n) is 8.56. The van der Waals surface area contributed by atoms with Crippen LogP contribution >= 0.6 is 23.4 Å². The van der Waals surface area contributed by atoms with Gasteiger partial charge < -0.3 is 14.8 Å². The van der Waals surface area contributed by atoms with E-state index in [0.717, 1.165) is 10.5 Å². The first-order chi connectivity index (χ1) is 13.6. The number of aryl methyl sites for hydroxylation is 1. The Hall–Kier alpha value is -2.77. The summed E-state index contributed by atoms with van der Waals surface area (Å²) < 4.78 is 11.0. The third-order valence-corrected chi connectivity index (χ3v) is 5.22. The van der Waals surface area contributed by atoms with E-state index in [1.54, 1.807) is 30.6 Å². The zero-order valence-electron chi connectivity index (χ0n) is 14.9. The zero-order valence-corrected chi connectivity index (χ0v) is 16.5. The molecule has 0 unspecified atom stereocenters. The Balaban J connectivity index is 1.51. The van der Waals surface area contributed by atoms with Crippen molar-refractivity contribution in [2.45, 2.75) is 17.0 Å². The molecule has 8 heteroatoms. The summed E-state index contributed by atoms with van der Waals surface area (Å²) in [4.78, 5) is 22.1. The number of benzene rings is 2. The second kappa shape index (κ2) is 8.08. The number of anilines is 1. The number of fused-ring (bicyclic) bond motifs is 1.